The zero-order valence-electron chi connectivity index (χ0n) is 11.8. The van der Waals surface area contributed by atoms with Crippen molar-refractivity contribution in [2.45, 2.75) is 44.7 Å². The largest absolute Gasteiger partial charge is 0.469 e. The van der Waals surface area contributed by atoms with E-state index in [0.29, 0.717) is 12.1 Å². The number of nitrogens with one attached hydrogen (secondary N) is 1. The molecule has 3 heteroatoms. The van der Waals surface area contributed by atoms with Crippen molar-refractivity contribution in [3.05, 3.63) is 24.2 Å². The number of nitrogens with zero attached hydrogens (tertiary/aromatic N) is 1. The van der Waals surface area contributed by atoms with Crippen molar-refractivity contribution in [1.82, 2.24) is 10.2 Å². The third-order valence-corrected chi connectivity index (χ3v) is 3.83. The van der Waals surface area contributed by atoms with Gasteiger partial charge in [-0.3, -0.25) is 4.90 Å². The van der Waals surface area contributed by atoms with E-state index in [4.69, 9.17) is 10.8 Å². The molecular formula is C16H24N2O. The van der Waals surface area contributed by atoms with Crippen LogP contribution in [0.5, 0.6) is 0 Å². The number of piperidine rings is 1. The van der Waals surface area contributed by atoms with Gasteiger partial charge in [-0.2, -0.15) is 0 Å². The molecule has 0 aliphatic carbocycles. The molecule has 104 valence electrons. The smallest absolute Gasteiger partial charge is 0.103 e. The molecule has 0 aromatic carbocycles. The van der Waals surface area contributed by atoms with E-state index in [-0.39, 0.29) is 0 Å². The molecule has 1 fully saturated rings. The molecule has 1 aromatic heterocycles. The highest BCUT2D eigenvalue weighted by Gasteiger charge is 2.19. The van der Waals surface area contributed by atoms with E-state index < -0.39 is 0 Å². The number of hydrogen-bond donors (Lipinski definition) is 1. The highest BCUT2D eigenvalue weighted by Crippen LogP contribution is 2.12. The summed E-state index contributed by atoms with van der Waals surface area (Å²) in [4.78, 5) is 2.35. The molecule has 2 rings (SSSR count). The van der Waals surface area contributed by atoms with E-state index in [0.717, 1.165) is 38.2 Å². The zero-order chi connectivity index (χ0) is 13.5. The molecule has 0 radical (unpaired) electrons. The molecule has 1 aliphatic heterocycles. The summed E-state index contributed by atoms with van der Waals surface area (Å²) in [6.45, 7) is 5.29. The molecule has 19 heavy (non-hydrogen) atoms. The first-order valence-electron chi connectivity index (χ1n) is 7.22. The summed E-state index contributed by atoms with van der Waals surface area (Å²) in [6.07, 6.45) is 11.6. The minimum Gasteiger partial charge on any atom is -0.469 e. The molecule has 1 N–H and O–H groups in total. The number of rotatable bonds is 6. The van der Waals surface area contributed by atoms with Crippen molar-refractivity contribution in [1.29, 1.82) is 0 Å². The molecule has 3 nitrogen and oxygen atoms in total. The Morgan fingerprint density at radius 2 is 2.32 bits per heavy atom. The van der Waals surface area contributed by atoms with Crippen LogP contribution in [0.25, 0.3) is 0 Å². The fourth-order valence-electron chi connectivity index (χ4n) is 2.69. The van der Waals surface area contributed by atoms with Gasteiger partial charge >= 0.3 is 0 Å². The van der Waals surface area contributed by atoms with E-state index in [1.165, 1.54) is 12.8 Å². The van der Waals surface area contributed by atoms with E-state index >= 15 is 0 Å². The van der Waals surface area contributed by atoms with Crippen LogP contribution in [0.3, 0.4) is 0 Å². The van der Waals surface area contributed by atoms with Gasteiger partial charge in [0.1, 0.15) is 5.76 Å². The van der Waals surface area contributed by atoms with Crippen molar-refractivity contribution in [3.8, 4) is 12.3 Å². The van der Waals surface area contributed by atoms with E-state index in [2.05, 4.69) is 23.1 Å². The maximum absolute atomic E-state index is 5.36. The van der Waals surface area contributed by atoms with E-state index in [9.17, 15) is 0 Å². The third-order valence-electron chi connectivity index (χ3n) is 3.83. The molecular weight excluding hydrogens is 236 g/mol. The summed E-state index contributed by atoms with van der Waals surface area (Å²) in [6, 6.07) is 5.18. The summed E-state index contributed by atoms with van der Waals surface area (Å²) in [7, 11) is 0. The van der Waals surface area contributed by atoms with Gasteiger partial charge < -0.3 is 9.73 Å². The minimum absolute atomic E-state index is 0.536. The predicted octanol–water partition coefficient (Wildman–Crippen LogP) is 2.29. The first-order chi connectivity index (χ1) is 9.28. The highest BCUT2D eigenvalue weighted by molar-refractivity contribution is 4.98. The van der Waals surface area contributed by atoms with E-state index in [1.54, 1.807) is 6.26 Å². The third kappa shape index (κ3) is 4.74. The van der Waals surface area contributed by atoms with Crippen molar-refractivity contribution in [2.75, 3.05) is 19.6 Å². The van der Waals surface area contributed by atoms with Crippen LogP contribution in [0.4, 0.5) is 0 Å². The van der Waals surface area contributed by atoms with Gasteiger partial charge in [0.05, 0.1) is 12.8 Å². The molecule has 0 bridgehead atoms. The monoisotopic (exact) mass is 260 g/mol. The standard InChI is InChI=1S/C16H24N2O/c1-3-10-18-11-8-15(9-12-18)17-14(2)6-7-16-5-4-13-19-16/h1,4-5,13-15,17H,6-12H2,2H3. The second-order valence-corrected chi connectivity index (χ2v) is 5.44. The topological polar surface area (TPSA) is 28.4 Å². The van der Waals surface area contributed by atoms with Crippen molar-refractivity contribution in [3.63, 3.8) is 0 Å². The lowest BCUT2D eigenvalue weighted by Gasteiger charge is -2.32. The maximum atomic E-state index is 5.36. The van der Waals surface area contributed by atoms with Crippen LogP contribution in [0.15, 0.2) is 22.8 Å². The van der Waals surface area contributed by atoms with Gasteiger partial charge in [0.25, 0.3) is 0 Å². The fraction of sp³-hybridized carbons (Fsp3) is 0.625. The highest BCUT2D eigenvalue weighted by atomic mass is 16.3. The lowest BCUT2D eigenvalue weighted by Crippen LogP contribution is -2.45. The van der Waals surface area contributed by atoms with E-state index in [1.807, 2.05) is 12.1 Å². The first kappa shape index (κ1) is 14.2. The molecule has 0 saturated carbocycles. The molecule has 1 saturated heterocycles. The SMILES string of the molecule is C#CCN1CCC(NC(C)CCc2ccco2)CC1. The number of likely N-dealkylation sites (tertiary alicyclic amines) is 1. The summed E-state index contributed by atoms with van der Waals surface area (Å²) < 4.78 is 5.36. The number of furan rings is 1. The Hall–Kier alpha value is -1.24. The van der Waals surface area contributed by atoms with Crippen molar-refractivity contribution < 1.29 is 4.42 Å². The van der Waals surface area contributed by atoms with Crippen LogP contribution in [0, 0.1) is 12.3 Å². The Balaban J connectivity index is 1.63. The average molecular weight is 260 g/mol. The maximum Gasteiger partial charge on any atom is 0.103 e. The van der Waals surface area contributed by atoms with Crippen LogP contribution in [-0.2, 0) is 6.42 Å². The lowest BCUT2D eigenvalue weighted by molar-refractivity contribution is 0.209. The summed E-state index contributed by atoms with van der Waals surface area (Å²) in [5, 5.41) is 3.72. The Labute approximate surface area is 116 Å². The Morgan fingerprint density at radius 1 is 1.53 bits per heavy atom. The average Bonchev–Trinajstić information content (AvgIpc) is 2.92. The molecule has 1 unspecified atom stereocenters. The van der Waals surface area contributed by atoms with Crippen LogP contribution >= 0.6 is 0 Å². The summed E-state index contributed by atoms with van der Waals surface area (Å²) >= 11 is 0. The van der Waals surface area contributed by atoms with Crippen LogP contribution in [0.1, 0.15) is 31.9 Å². The summed E-state index contributed by atoms with van der Waals surface area (Å²) in [5.41, 5.74) is 0. The van der Waals surface area contributed by atoms with Crippen molar-refractivity contribution >= 4 is 0 Å². The second-order valence-electron chi connectivity index (χ2n) is 5.44. The normalized spacial score (nSPS) is 19.2. The van der Waals surface area contributed by atoms with Crippen LogP contribution < -0.4 is 5.32 Å². The van der Waals surface area contributed by atoms with Gasteiger partial charge in [-0.1, -0.05) is 5.92 Å². The Kier molecular flexibility index (Phi) is 5.50. The summed E-state index contributed by atoms with van der Waals surface area (Å²) in [5.74, 6) is 3.81. The molecule has 1 atom stereocenters. The number of hydrogen-bond acceptors (Lipinski definition) is 3. The van der Waals surface area contributed by atoms with Gasteiger partial charge in [-0.15, -0.1) is 6.42 Å². The number of terminal acetylenes is 1. The van der Waals surface area contributed by atoms with Gasteiger partial charge in [0.2, 0.25) is 0 Å². The fourth-order valence-corrected chi connectivity index (χ4v) is 2.69. The molecule has 0 amide bonds. The van der Waals surface area contributed by atoms with Crippen LogP contribution in [-0.4, -0.2) is 36.6 Å². The Morgan fingerprint density at radius 3 is 2.95 bits per heavy atom. The second kappa shape index (κ2) is 7.37. The minimum atomic E-state index is 0.536. The zero-order valence-corrected chi connectivity index (χ0v) is 11.8. The molecule has 0 spiro atoms. The first-order valence-corrected chi connectivity index (χ1v) is 7.22. The van der Waals surface area contributed by atoms with Gasteiger partial charge in [-0.05, 0) is 38.3 Å². The lowest BCUT2D eigenvalue weighted by atomic mass is 10.0. The molecule has 2 heterocycles. The molecule has 1 aromatic rings. The predicted molar refractivity (Wildman–Crippen MR) is 77.9 cm³/mol. The Bertz CT molecular complexity index is 385. The molecule has 1 aliphatic rings. The number of aryl methyl sites for hydroxylation is 1. The van der Waals surface area contributed by atoms with Gasteiger partial charge in [0.15, 0.2) is 0 Å². The van der Waals surface area contributed by atoms with Crippen LogP contribution in [0.2, 0.25) is 0 Å². The quantitative estimate of drug-likeness (QED) is 0.796. The van der Waals surface area contributed by atoms with Gasteiger partial charge in [-0.25, -0.2) is 0 Å². The van der Waals surface area contributed by atoms with Crippen molar-refractivity contribution in [2.24, 2.45) is 0 Å². The van der Waals surface area contributed by atoms with Gasteiger partial charge in [0, 0.05) is 31.6 Å².